The normalized spacial score (nSPS) is 11.4. The van der Waals surface area contributed by atoms with Crippen LogP contribution in [0.25, 0.3) is 0 Å². The summed E-state index contributed by atoms with van der Waals surface area (Å²) in [4.78, 5) is 0. The van der Waals surface area contributed by atoms with Gasteiger partial charge in [-0.3, -0.25) is 0 Å². The van der Waals surface area contributed by atoms with E-state index in [0.29, 0.717) is 145 Å². The monoisotopic (exact) mass is 612 g/mol. The smallest absolute Gasteiger partial charge is 0.111 e. The minimum Gasteiger partial charge on any atom is -0.499 e. The van der Waals surface area contributed by atoms with E-state index in [2.05, 4.69) is 13.5 Å². The Morgan fingerprint density at radius 3 is 0.786 bits per heavy atom. The molecule has 0 bridgehead atoms. The number of hydrogen-bond donors (Lipinski definition) is 0. The van der Waals surface area contributed by atoms with Gasteiger partial charge in [0.05, 0.1) is 145 Å². The molecule has 0 radical (unpaired) electrons. The predicted molar refractivity (Wildman–Crippen MR) is 159 cm³/mol. The molecule has 0 atom stereocenters. The Bertz CT molecular complexity index is 487. The van der Waals surface area contributed by atoms with E-state index in [1.165, 1.54) is 25.5 Å². The summed E-state index contributed by atoms with van der Waals surface area (Å²) in [7, 11) is 0. The highest BCUT2D eigenvalue weighted by atomic mass is 16.6. The quantitative estimate of drug-likeness (QED) is 0.0752. The Morgan fingerprint density at radius 1 is 0.310 bits per heavy atom. The molecule has 0 saturated carbocycles. The zero-order valence-corrected chi connectivity index (χ0v) is 26.3. The molecule has 0 aromatic heterocycles. The topological polar surface area (TPSA) is 111 Å². The van der Waals surface area contributed by atoms with Gasteiger partial charge in [-0.1, -0.05) is 32.8 Å². The molecule has 0 aliphatic carbocycles. The molecule has 252 valence electrons. The lowest BCUT2D eigenvalue weighted by molar-refractivity contribution is -0.0279. The van der Waals surface area contributed by atoms with Gasteiger partial charge in [0.15, 0.2) is 0 Å². The molecule has 0 aromatic carbocycles. The van der Waals surface area contributed by atoms with Crippen LogP contribution in [-0.2, 0) is 56.8 Å². The summed E-state index contributed by atoms with van der Waals surface area (Å²) in [6.07, 6.45) is 6.30. The fraction of sp³-hybridized carbons (Fsp3) is 0.933. The van der Waals surface area contributed by atoms with Crippen molar-refractivity contribution >= 4 is 0 Å². The lowest BCUT2D eigenvalue weighted by Gasteiger charge is -2.09. The van der Waals surface area contributed by atoms with Crippen LogP contribution in [0.3, 0.4) is 0 Å². The van der Waals surface area contributed by atoms with Crippen LogP contribution in [0.5, 0.6) is 0 Å². The molecule has 0 aliphatic rings. The molecule has 12 heteroatoms. The Hall–Kier alpha value is -0.900. The average Bonchev–Trinajstić information content (AvgIpc) is 3.00. The number of ether oxygens (including phenoxy) is 12. The Morgan fingerprint density at radius 2 is 0.548 bits per heavy atom. The van der Waals surface area contributed by atoms with Gasteiger partial charge in [0.1, 0.15) is 6.61 Å². The molecule has 0 spiro atoms. The van der Waals surface area contributed by atoms with E-state index in [-0.39, 0.29) is 0 Å². The van der Waals surface area contributed by atoms with Gasteiger partial charge in [-0.25, -0.2) is 0 Å². The lowest BCUT2D eigenvalue weighted by Crippen LogP contribution is -2.15. The molecule has 0 heterocycles. The first-order chi connectivity index (χ1) is 20.9. The molecule has 0 amide bonds. The third kappa shape index (κ3) is 39.1. The van der Waals surface area contributed by atoms with E-state index in [0.717, 1.165) is 13.0 Å². The fourth-order valence-electron chi connectivity index (χ4n) is 3.12. The van der Waals surface area contributed by atoms with Crippen LogP contribution in [0.4, 0.5) is 0 Å². The van der Waals surface area contributed by atoms with Gasteiger partial charge in [0.25, 0.3) is 0 Å². The zero-order chi connectivity index (χ0) is 30.3. The Labute approximate surface area is 254 Å². The molecule has 0 rings (SSSR count). The molecular formula is C30H60O12. The van der Waals surface area contributed by atoms with Crippen LogP contribution in [0.15, 0.2) is 12.8 Å². The van der Waals surface area contributed by atoms with E-state index < -0.39 is 0 Å². The lowest BCUT2D eigenvalue weighted by atomic mass is 10.2. The van der Waals surface area contributed by atoms with Crippen LogP contribution in [0, 0.1) is 0 Å². The van der Waals surface area contributed by atoms with Gasteiger partial charge in [-0.2, -0.15) is 0 Å². The maximum atomic E-state index is 5.52. The van der Waals surface area contributed by atoms with Gasteiger partial charge < -0.3 is 56.8 Å². The summed E-state index contributed by atoms with van der Waals surface area (Å²) in [5.74, 6) is 0. The first-order valence-corrected chi connectivity index (χ1v) is 15.5. The van der Waals surface area contributed by atoms with E-state index in [1.54, 1.807) is 0 Å². The Kier molecular flexibility index (Phi) is 39.2. The van der Waals surface area contributed by atoms with Crippen molar-refractivity contribution in [3.8, 4) is 0 Å². The van der Waals surface area contributed by atoms with Crippen LogP contribution in [-0.4, -0.2) is 152 Å². The molecule has 0 saturated heterocycles. The highest BCUT2D eigenvalue weighted by Crippen LogP contribution is 1.98. The zero-order valence-electron chi connectivity index (χ0n) is 26.3. The summed E-state index contributed by atoms with van der Waals surface area (Å²) in [5.41, 5.74) is 0. The number of hydrogen-bond acceptors (Lipinski definition) is 12. The highest BCUT2D eigenvalue weighted by molar-refractivity contribution is 4.47. The molecule has 0 aliphatic heterocycles. The summed E-state index contributed by atoms with van der Waals surface area (Å²) < 4.78 is 64.9. The molecule has 0 unspecified atom stereocenters. The van der Waals surface area contributed by atoms with Crippen molar-refractivity contribution in [2.75, 3.05) is 152 Å². The summed E-state index contributed by atoms with van der Waals surface area (Å²) in [6, 6.07) is 0. The largest absolute Gasteiger partial charge is 0.499 e. The van der Waals surface area contributed by atoms with Crippen molar-refractivity contribution < 1.29 is 56.8 Å². The van der Waals surface area contributed by atoms with Crippen LogP contribution >= 0.6 is 0 Å². The molecular weight excluding hydrogens is 552 g/mol. The van der Waals surface area contributed by atoms with E-state index in [1.807, 2.05) is 0 Å². The second-order valence-electron chi connectivity index (χ2n) is 8.83. The number of rotatable bonds is 39. The minimum atomic E-state index is 0.504. The fourth-order valence-corrected chi connectivity index (χ4v) is 3.12. The van der Waals surface area contributed by atoms with E-state index >= 15 is 0 Å². The van der Waals surface area contributed by atoms with Crippen molar-refractivity contribution in [1.29, 1.82) is 0 Å². The molecule has 0 fully saturated rings. The SMILES string of the molecule is C=COCCOCCOCCOCCOCCOCCOCCOCCOCCOCCOCCOCCCCCC. The standard InChI is InChI=1S/C30H60O12/c1-3-5-6-7-8-32-11-12-34-15-16-36-19-20-38-23-24-40-27-28-42-30-29-41-26-25-39-22-21-37-18-17-35-14-13-33-10-9-31-4-2/h4H,2-3,5-30H2,1H3. The van der Waals surface area contributed by atoms with Crippen molar-refractivity contribution in [2.45, 2.75) is 32.6 Å². The van der Waals surface area contributed by atoms with Crippen LogP contribution < -0.4 is 0 Å². The maximum Gasteiger partial charge on any atom is 0.111 e. The minimum absolute atomic E-state index is 0.504. The molecule has 0 aromatic rings. The van der Waals surface area contributed by atoms with E-state index in [9.17, 15) is 0 Å². The summed E-state index contributed by atoms with van der Waals surface area (Å²) >= 11 is 0. The molecule has 0 N–H and O–H groups in total. The second-order valence-corrected chi connectivity index (χ2v) is 8.83. The summed E-state index contributed by atoms with van der Waals surface area (Å²) in [6.45, 7) is 18.3. The van der Waals surface area contributed by atoms with Gasteiger partial charge in [0, 0.05) is 6.61 Å². The van der Waals surface area contributed by atoms with E-state index in [4.69, 9.17) is 56.8 Å². The predicted octanol–water partition coefficient (Wildman–Crippen LogP) is 2.91. The Balaban J connectivity index is 3.02. The van der Waals surface area contributed by atoms with Crippen molar-refractivity contribution in [3.05, 3.63) is 12.8 Å². The second kappa shape index (κ2) is 40.1. The van der Waals surface area contributed by atoms with Gasteiger partial charge in [-0.15, -0.1) is 0 Å². The first-order valence-electron chi connectivity index (χ1n) is 15.5. The van der Waals surface area contributed by atoms with Gasteiger partial charge >= 0.3 is 0 Å². The third-order valence-corrected chi connectivity index (χ3v) is 5.33. The first kappa shape index (κ1) is 41.1. The average molecular weight is 613 g/mol. The van der Waals surface area contributed by atoms with Crippen LogP contribution in [0.2, 0.25) is 0 Å². The number of unbranched alkanes of at least 4 members (excludes halogenated alkanes) is 3. The van der Waals surface area contributed by atoms with Gasteiger partial charge in [-0.05, 0) is 6.42 Å². The third-order valence-electron chi connectivity index (χ3n) is 5.33. The van der Waals surface area contributed by atoms with Crippen molar-refractivity contribution in [2.24, 2.45) is 0 Å². The van der Waals surface area contributed by atoms with Crippen molar-refractivity contribution in [3.63, 3.8) is 0 Å². The van der Waals surface area contributed by atoms with Crippen LogP contribution in [0.1, 0.15) is 32.6 Å². The van der Waals surface area contributed by atoms with Crippen molar-refractivity contribution in [1.82, 2.24) is 0 Å². The summed E-state index contributed by atoms with van der Waals surface area (Å²) in [5, 5.41) is 0. The molecule has 12 nitrogen and oxygen atoms in total. The molecule has 42 heavy (non-hydrogen) atoms. The highest BCUT2D eigenvalue weighted by Gasteiger charge is 1.96. The maximum absolute atomic E-state index is 5.52. The van der Waals surface area contributed by atoms with Gasteiger partial charge in [0.2, 0.25) is 0 Å².